The van der Waals surface area contributed by atoms with Crippen molar-refractivity contribution in [1.29, 1.82) is 0 Å². The van der Waals surface area contributed by atoms with Crippen LogP contribution in [0, 0.1) is 0 Å². The number of hydrogen-bond donors (Lipinski definition) is 1. The van der Waals surface area contributed by atoms with E-state index in [-0.39, 0.29) is 26.1 Å². The lowest BCUT2D eigenvalue weighted by Gasteiger charge is -2.49. The first-order chi connectivity index (χ1) is 21.1. The Balaban J connectivity index is 1.51. The minimum atomic E-state index is -5.03. The second kappa shape index (κ2) is 13.7. The summed E-state index contributed by atoms with van der Waals surface area (Å²) in [7, 11) is 5.18. The van der Waals surface area contributed by atoms with E-state index in [4.69, 9.17) is 23.9 Å². The molecule has 44 heavy (non-hydrogen) atoms. The molecule has 0 aromatic heterocycles. The fourth-order valence-corrected chi connectivity index (χ4v) is 5.82. The SMILES string of the molecule is COc1ccc(CC[C@](O)(C2O[C@@H]3CC(N(C)C)=N[C@@H]3[C@@H](OCc3ccccc3)[C@@H]2OCc2ccccc2)C(F)(F)F)cc1. The molecule has 0 spiro atoms. The third-order valence-electron chi connectivity index (χ3n) is 8.35. The summed E-state index contributed by atoms with van der Waals surface area (Å²) < 4.78 is 69.4. The number of hydrogen-bond acceptors (Lipinski definition) is 7. The number of methoxy groups -OCH3 is 1. The summed E-state index contributed by atoms with van der Waals surface area (Å²) in [5.74, 6) is 1.27. The molecule has 2 aliphatic heterocycles. The maximum atomic E-state index is 15.1. The number of aliphatic hydroxyl groups is 1. The third-order valence-corrected chi connectivity index (χ3v) is 8.35. The molecular formula is C34H39F3N2O5. The van der Waals surface area contributed by atoms with Crippen LogP contribution in [0.4, 0.5) is 13.2 Å². The quantitative estimate of drug-likeness (QED) is 0.305. The molecule has 6 atom stereocenters. The Hall–Kier alpha value is -3.44. The average molecular weight is 613 g/mol. The number of alkyl halides is 3. The maximum absolute atomic E-state index is 15.1. The van der Waals surface area contributed by atoms with E-state index in [0.29, 0.717) is 17.1 Å². The highest BCUT2D eigenvalue weighted by molar-refractivity contribution is 5.84. The highest BCUT2D eigenvalue weighted by Crippen LogP contribution is 2.46. The number of benzene rings is 3. The molecule has 1 unspecified atom stereocenters. The number of halogens is 3. The summed E-state index contributed by atoms with van der Waals surface area (Å²) in [6, 6.07) is 24.7. The highest BCUT2D eigenvalue weighted by Gasteiger charge is 2.65. The molecule has 0 amide bonds. The molecule has 7 nitrogen and oxygen atoms in total. The van der Waals surface area contributed by atoms with Crippen LogP contribution in [0.1, 0.15) is 29.5 Å². The van der Waals surface area contributed by atoms with Crippen molar-refractivity contribution in [2.45, 2.75) is 74.7 Å². The van der Waals surface area contributed by atoms with Crippen LogP contribution >= 0.6 is 0 Å². The van der Waals surface area contributed by atoms with Crippen LogP contribution in [0.3, 0.4) is 0 Å². The van der Waals surface area contributed by atoms with Gasteiger partial charge in [-0.3, -0.25) is 4.99 Å². The van der Waals surface area contributed by atoms with Crippen molar-refractivity contribution in [3.63, 3.8) is 0 Å². The van der Waals surface area contributed by atoms with Gasteiger partial charge in [-0.15, -0.1) is 0 Å². The lowest BCUT2D eigenvalue weighted by molar-refractivity contribution is -0.338. The van der Waals surface area contributed by atoms with Crippen LogP contribution in [-0.2, 0) is 33.8 Å². The van der Waals surface area contributed by atoms with E-state index in [2.05, 4.69) is 0 Å². The fraction of sp³-hybridized carbons (Fsp3) is 0.441. The van der Waals surface area contributed by atoms with E-state index in [1.54, 1.807) is 24.3 Å². The number of aliphatic imine (C=N–C) groups is 1. The number of ether oxygens (including phenoxy) is 4. The number of fused-ring (bicyclic) bond motifs is 1. The predicted molar refractivity (Wildman–Crippen MR) is 161 cm³/mol. The van der Waals surface area contributed by atoms with Gasteiger partial charge in [0.15, 0.2) is 5.60 Å². The molecule has 236 valence electrons. The minimum absolute atomic E-state index is 0.00458. The Kier molecular flexibility index (Phi) is 9.94. The van der Waals surface area contributed by atoms with Crippen LogP contribution < -0.4 is 4.74 Å². The second-order valence-corrected chi connectivity index (χ2v) is 11.5. The first kappa shape index (κ1) is 32.0. The van der Waals surface area contributed by atoms with Crippen molar-refractivity contribution in [3.8, 4) is 5.75 Å². The van der Waals surface area contributed by atoms with Gasteiger partial charge in [0.05, 0.1) is 26.4 Å². The first-order valence-corrected chi connectivity index (χ1v) is 14.7. The summed E-state index contributed by atoms with van der Waals surface area (Å²) in [4.78, 5) is 6.66. The molecule has 0 saturated carbocycles. The van der Waals surface area contributed by atoms with Crippen molar-refractivity contribution >= 4 is 5.84 Å². The zero-order valence-electron chi connectivity index (χ0n) is 25.1. The molecule has 2 heterocycles. The molecule has 1 N–H and O–H groups in total. The van der Waals surface area contributed by atoms with Crippen molar-refractivity contribution in [2.24, 2.45) is 4.99 Å². The molecule has 3 aromatic carbocycles. The Bertz CT molecular complexity index is 1370. The monoisotopic (exact) mass is 612 g/mol. The number of amidine groups is 1. The molecule has 0 radical (unpaired) electrons. The van der Waals surface area contributed by atoms with Crippen molar-refractivity contribution in [1.82, 2.24) is 4.90 Å². The van der Waals surface area contributed by atoms with Crippen LogP contribution in [0.15, 0.2) is 89.9 Å². The van der Waals surface area contributed by atoms with Gasteiger partial charge in [-0.05, 0) is 41.7 Å². The Morgan fingerprint density at radius 2 is 1.41 bits per heavy atom. The topological polar surface area (TPSA) is 72.8 Å². The third kappa shape index (κ3) is 7.10. The molecule has 2 aliphatic rings. The molecule has 5 rings (SSSR count). The van der Waals surface area contributed by atoms with E-state index >= 15 is 13.2 Å². The van der Waals surface area contributed by atoms with Crippen LogP contribution in [0.2, 0.25) is 0 Å². The van der Waals surface area contributed by atoms with E-state index in [1.165, 1.54) is 7.11 Å². The lowest BCUT2D eigenvalue weighted by atomic mass is 9.80. The lowest BCUT2D eigenvalue weighted by Crippen LogP contribution is -2.68. The van der Waals surface area contributed by atoms with Gasteiger partial charge in [0.25, 0.3) is 0 Å². The van der Waals surface area contributed by atoms with Crippen LogP contribution in [0.25, 0.3) is 0 Å². The van der Waals surface area contributed by atoms with Gasteiger partial charge in [-0.1, -0.05) is 72.8 Å². The molecule has 3 aromatic rings. The van der Waals surface area contributed by atoms with Crippen LogP contribution in [-0.4, -0.2) is 79.3 Å². The minimum Gasteiger partial charge on any atom is -0.497 e. The average Bonchev–Trinajstić information content (AvgIpc) is 3.47. The Morgan fingerprint density at radius 3 is 1.93 bits per heavy atom. The van der Waals surface area contributed by atoms with Gasteiger partial charge >= 0.3 is 6.18 Å². The van der Waals surface area contributed by atoms with Gasteiger partial charge in [0.2, 0.25) is 0 Å². The van der Waals surface area contributed by atoms with E-state index in [0.717, 1.165) is 11.1 Å². The van der Waals surface area contributed by atoms with E-state index < -0.39 is 48.7 Å². The van der Waals surface area contributed by atoms with Crippen molar-refractivity contribution < 1.29 is 37.2 Å². The smallest absolute Gasteiger partial charge is 0.419 e. The van der Waals surface area contributed by atoms with Crippen molar-refractivity contribution in [3.05, 3.63) is 102 Å². The second-order valence-electron chi connectivity index (χ2n) is 11.5. The number of nitrogens with zero attached hydrogens (tertiary/aromatic N) is 2. The van der Waals surface area contributed by atoms with E-state index in [9.17, 15) is 5.11 Å². The molecule has 1 saturated heterocycles. The fourth-order valence-electron chi connectivity index (χ4n) is 5.82. The van der Waals surface area contributed by atoms with Gasteiger partial charge in [-0.2, -0.15) is 13.2 Å². The molecule has 0 aliphatic carbocycles. The number of aryl methyl sites for hydroxylation is 1. The molecule has 10 heteroatoms. The normalized spacial score (nSPS) is 24.7. The summed E-state index contributed by atoms with van der Waals surface area (Å²) >= 11 is 0. The van der Waals surface area contributed by atoms with Gasteiger partial charge < -0.3 is 29.0 Å². The van der Waals surface area contributed by atoms with Crippen LogP contribution in [0.5, 0.6) is 5.75 Å². The zero-order chi connectivity index (χ0) is 31.3. The summed E-state index contributed by atoms with van der Waals surface area (Å²) in [6.45, 7) is 0.139. The maximum Gasteiger partial charge on any atom is 0.419 e. The van der Waals surface area contributed by atoms with Crippen molar-refractivity contribution in [2.75, 3.05) is 21.2 Å². The predicted octanol–water partition coefficient (Wildman–Crippen LogP) is 5.59. The first-order valence-electron chi connectivity index (χ1n) is 14.7. The summed E-state index contributed by atoms with van der Waals surface area (Å²) in [5, 5.41) is 11.7. The van der Waals surface area contributed by atoms with Gasteiger partial charge in [-0.25, -0.2) is 0 Å². The summed E-state index contributed by atoms with van der Waals surface area (Å²) in [6.07, 6.45) is -10.1. The molecule has 1 fully saturated rings. The van der Waals surface area contributed by atoms with Gasteiger partial charge in [0, 0.05) is 20.5 Å². The van der Waals surface area contributed by atoms with E-state index in [1.807, 2.05) is 79.7 Å². The standard InChI is InChI=1S/C34H39F3N2O5/c1-39(2)28-20-27-29(38-28)30(42-21-24-10-6-4-7-11-24)31(43-22-25-12-8-5-9-13-25)32(44-27)33(40,34(35,36)37)19-18-23-14-16-26(41-3)17-15-23/h4-17,27,29-32,40H,18-22H2,1-3H3/t27-,29+,30-,31+,32?,33+/m1/s1. The molecular weight excluding hydrogens is 573 g/mol. The number of rotatable bonds is 11. The van der Waals surface area contributed by atoms with Gasteiger partial charge in [0.1, 0.15) is 35.9 Å². The zero-order valence-corrected chi connectivity index (χ0v) is 25.1. The Morgan fingerprint density at radius 1 is 0.841 bits per heavy atom. The highest BCUT2D eigenvalue weighted by atomic mass is 19.4. The Labute approximate surface area is 256 Å². The summed E-state index contributed by atoms with van der Waals surface area (Å²) in [5.41, 5.74) is -0.990. The molecule has 0 bridgehead atoms. The largest absolute Gasteiger partial charge is 0.497 e.